The SMILES string of the molecule is COc1ccc2c(c1OC)C(=O)O[C@H]2C/C(=N\Nc1ccc([N+](=O)[O-])cc1[N+](=O)[O-])c1ccc(OC(F)F)cc1. The minimum atomic E-state index is -3.04. The predicted octanol–water partition coefficient (Wildman–Crippen LogP) is 5.24. The van der Waals surface area contributed by atoms with E-state index in [9.17, 15) is 33.8 Å². The number of hydrogen-bond acceptors (Lipinski definition) is 11. The second-order valence-electron chi connectivity index (χ2n) is 8.15. The lowest BCUT2D eigenvalue weighted by Gasteiger charge is -2.15. The Morgan fingerprint density at radius 2 is 1.77 bits per heavy atom. The molecule has 15 heteroatoms. The summed E-state index contributed by atoms with van der Waals surface area (Å²) in [5.74, 6) is -0.296. The second kappa shape index (κ2) is 11.6. The van der Waals surface area contributed by atoms with E-state index in [1.165, 1.54) is 38.5 Å². The lowest BCUT2D eigenvalue weighted by Crippen LogP contribution is -2.12. The number of nitrogens with zero attached hydrogens (tertiary/aromatic N) is 3. The molecule has 1 aliphatic heterocycles. The van der Waals surface area contributed by atoms with E-state index in [4.69, 9.17) is 14.2 Å². The minimum Gasteiger partial charge on any atom is -0.493 e. The first kappa shape index (κ1) is 27.7. The molecular weight excluding hydrogens is 538 g/mol. The number of nitro benzene ring substituents is 2. The number of benzene rings is 3. The third kappa shape index (κ3) is 5.72. The smallest absolute Gasteiger partial charge is 0.387 e. The maximum atomic E-state index is 12.7. The number of cyclic esters (lactones) is 1. The lowest BCUT2D eigenvalue weighted by atomic mass is 9.97. The van der Waals surface area contributed by atoms with Crippen molar-refractivity contribution in [2.75, 3.05) is 19.6 Å². The monoisotopic (exact) mass is 558 g/mol. The average molecular weight is 558 g/mol. The van der Waals surface area contributed by atoms with Gasteiger partial charge in [-0.25, -0.2) is 4.79 Å². The molecule has 208 valence electrons. The number of nitro groups is 2. The molecule has 0 spiro atoms. The Morgan fingerprint density at radius 1 is 1.05 bits per heavy atom. The number of ether oxygens (including phenoxy) is 4. The fourth-order valence-corrected chi connectivity index (χ4v) is 4.06. The molecular formula is C25H20F2N4O9. The van der Waals surface area contributed by atoms with Crippen molar-refractivity contribution in [2.24, 2.45) is 5.10 Å². The lowest BCUT2D eigenvalue weighted by molar-refractivity contribution is -0.393. The zero-order valence-electron chi connectivity index (χ0n) is 20.8. The molecule has 0 unspecified atom stereocenters. The van der Waals surface area contributed by atoms with E-state index in [0.29, 0.717) is 16.9 Å². The molecule has 3 aromatic rings. The van der Waals surface area contributed by atoms with Gasteiger partial charge in [0, 0.05) is 18.1 Å². The number of carbonyl (C=O) groups excluding carboxylic acids is 1. The summed E-state index contributed by atoms with van der Waals surface area (Å²) in [5.41, 5.74) is 2.51. The third-order valence-electron chi connectivity index (χ3n) is 5.87. The number of anilines is 1. The Hall–Kier alpha value is -5.34. The summed E-state index contributed by atoms with van der Waals surface area (Å²) in [6, 6.07) is 11.6. The van der Waals surface area contributed by atoms with Gasteiger partial charge in [0.1, 0.15) is 23.1 Å². The topological polar surface area (TPSA) is 165 Å². The number of rotatable bonds is 11. The number of carbonyl (C=O) groups is 1. The van der Waals surface area contributed by atoms with Gasteiger partial charge in [-0.2, -0.15) is 13.9 Å². The Balaban J connectivity index is 1.73. The maximum absolute atomic E-state index is 12.7. The fourth-order valence-electron chi connectivity index (χ4n) is 4.06. The predicted molar refractivity (Wildman–Crippen MR) is 135 cm³/mol. The van der Waals surface area contributed by atoms with Crippen LogP contribution in [0, 0.1) is 20.2 Å². The Labute approximate surface area is 224 Å². The van der Waals surface area contributed by atoms with Crippen molar-refractivity contribution in [1.29, 1.82) is 0 Å². The van der Waals surface area contributed by atoms with Gasteiger partial charge in [-0.3, -0.25) is 25.7 Å². The van der Waals surface area contributed by atoms with Gasteiger partial charge >= 0.3 is 18.3 Å². The van der Waals surface area contributed by atoms with Gasteiger partial charge in [0.05, 0.1) is 35.8 Å². The van der Waals surface area contributed by atoms with E-state index < -0.39 is 39.9 Å². The van der Waals surface area contributed by atoms with Crippen LogP contribution in [0.25, 0.3) is 0 Å². The van der Waals surface area contributed by atoms with Crippen molar-refractivity contribution in [2.45, 2.75) is 19.1 Å². The molecule has 1 aliphatic rings. The molecule has 13 nitrogen and oxygen atoms in total. The van der Waals surface area contributed by atoms with Gasteiger partial charge in [-0.05, 0) is 42.0 Å². The van der Waals surface area contributed by atoms with Crippen molar-refractivity contribution in [3.05, 3.63) is 91.5 Å². The van der Waals surface area contributed by atoms with Crippen LogP contribution in [0.5, 0.6) is 17.2 Å². The first-order chi connectivity index (χ1) is 19.1. The highest BCUT2D eigenvalue weighted by atomic mass is 19.3. The zero-order chi connectivity index (χ0) is 29.0. The first-order valence-electron chi connectivity index (χ1n) is 11.4. The number of esters is 1. The van der Waals surface area contributed by atoms with Crippen LogP contribution in [0.3, 0.4) is 0 Å². The number of fused-ring (bicyclic) bond motifs is 1. The summed E-state index contributed by atoms with van der Waals surface area (Å²) in [6.45, 7) is -3.04. The van der Waals surface area contributed by atoms with E-state index >= 15 is 0 Å². The molecule has 0 aromatic heterocycles. The summed E-state index contributed by atoms with van der Waals surface area (Å²) in [5, 5.41) is 26.9. The summed E-state index contributed by atoms with van der Waals surface area (Å²) < 4.78 is 45.8. The quantitative estimate of drug-likeness (QED) is 0.142. The number of hydrogen-bond donors (Lipinski definition) is 1. The van der Waals surface area contributed by atoms with Gasteiger partial charge in [-0.15, -0.1) is 0 Å². The molecule has 40 heavy (non-hydrogen) atoms. The van der Waals surface area contributed by atoms with Crippen LogP contribution in [-0.4, -0.2) is 42.4 Å². The van der Waals surface area contributed by atoms with Crippen molar-refractivity contribution in [3.63, 3.8) is 0 Å². The van der Waals surface area contributed by atoms with Crippen LogP contribution in [0.2, 0.25) is 0 Å². The van der Waals surface area contributed by atoms with Crippen molar-refractivity contribution in [1.82, 2.24) is 0 Å². The summed E-state index contributed by atoms with van der Waals surface area (Å²) >= 11 is 0. The Kier molecular flexibility index (Phi) is 8.02. The summed E-state index contributed by atoms with van der Waals surface area (Å²) in [7, 11) is 2.78. The molecule has 4 rings (SSSR count). The molecule has 1 heterocycles. The number of alkyl halides is 2. The van der Waals surface area contributed by atoms with E-state index in [2.05, 4.69) is 15.3 Å². The minimum absolute atomic E-state index is 0.0585. The summed E-state index contributed by atoms with van der Waals surface area (Å²) in [6.07, 6.45) is -0.927. The van der Waals surface area contributed by atoms with E-state index in [1.807, 2.05) is 0 Å². The molecule has 3 aromatic carbocycles. The van der Waals surface area contributed by atoms with Crippen LogP contribution in [0.1, 0.15) is 34.0 Å². The maximum Gasteiger partial charge on any atom is 0.387 e. The largest absolute Gasteiger partial charge is 0.493 e. The average Bonchev–Trinajstić information content (AvgIpc) is 3.25. The molecule has 1 N–H and O–H groups in total. The number of methoxy groups -OCH3 is 2. The molecule has 0 bridgehead atoms. The highest BCUT2D eigenvalue weighted by molar-refractivity contribution is 6.03. The van der Waals surface area contributed by atoms with Crippen molar-refractivity contribution < 1.29 is 42.4 Å². The van der Waals surface area contributed by atoms with Gasteiger partial charge in [0.25, 0.3) is 5.69 Å². The second-order valence-corrected chi connectivity index (χ2v) is 8.15. The van der Waals surface area contributed by atoms with Crippen molar-refractivity contribution in [3.8, 4) is 17.2 Å². The van der Waals surface area contributed by atoms with Gasteiger partial charge in [-0.1, -0.05) is 6.07 Å². The Bertz CT molecular complexity index is 1500. The highest BCUT2D eigenvalue weighted by Gasteiger charge is 2.36. The zero-order valence-corrected chi connectivity index (χ0v) is 20.8. The van der Waals surface area contributed by atoms with Crippen LogP contribution in [0.4, 0.5) is 25.8 Å². The molecule has 0 aliphatic carbocycles. The number of hydrazone groups is 1. The fraction of sp³-hybridized carbons (Fsp3) is 0.200. The summed E-state index contributed by atoms with van der Waals surface area (Å²) in [4.78, 5) is 33.8. The van der Waals surface area contributed by atoms with Crippen LogP contribution >= 0.6 is 0 Å². The Morgan fingerprint density at radius 3 is 2.38 bits per heavy atom. The molecule has 0 radical (unpaired) electrons. The molecule has 0 saturated heterocycles. The van der Waals surface area contributed by atoms with Crippen LogP contribution in [-0.2, 0) is 4.74 Å². The molecule has 0 saturated carbocycles. The van der Waals surface area contributed by atoms with Crippen LogP contribution in [0.15, 0.2) is 59.7 Å². The molecule has 0 amide bonds. The standard InChI is InChI=1S/C25H20F2N4O9/c1-37-20-10-8-16-21(40-24(32)22(16)23(20)38-2)12-18(13-3-6-15(7-4-13)39-25(26)27)29-28-17-9-5-14(30(33)34)11-19(17)31(35)36/h3-11,21,25,28H,12H2,1-2H3/b29-18+/t21-/m0/s1. The van der Waals surface area contributed by atoms with Crippen LogP contribution < -0.4 is 19.6 Å². The van der Waals surface area contributed by atoms with Gasteiger partial charge in [0.15, 0.2) is 11.5 Å². The highest BCUT2D eigenvalue weighted by Crippen LogP contribution is 2.43. The third-order valence-corrected chi connectivity index (χ3v) is 5.87. The van der Waals surface area contributed by atoms with Gasteiger partial charge in [0.2, 0.25) is 0 Å². The normalized spacial score (nSPS) is 14.4. The van der Waals surface area contributed by atoms with Gasteiger partial charge < -0.3 is 18.9 Å². The number of non-ortho nitro benzene ring substituents is 1. The molecule has 0 fully saturated rings. The van der Waals surface area contributed by atoms with E-state index in [-0.39, 0.29) is 34.9 Å². The molecule has 1 atom stereocenters. The number of halogens is 2. The first-order valence-corrected chi connectivity index (χ1v) is 11.4. The van der Waals surface area contributed by atoms with Crippen molar-refractivity contribution >= 4 is 28.7 Å². The van der Waals surface area contributed by atoms with E-state index in [0.717, 1.165) is 18.2 Å². The number of nitrogens with one attached hydrogen (secondary N) is 1. The van der Waals surface area contributed by atoms with E-state index in [1.54, 1.807) is 12.1 Å².